The van der Waals surface area contributed by atoms with E-state index in [2.05, 4.69) is 15.3 Å². The number of halogens is 1. The Morgan fingerprint density at radius 2 is 2.00 bits per heavy atom. The van der Waals surface area contributed by atoms with Crippen LogP contribution in [-0.4, -0.2) is 46.3 Å². The van der Waals surface area contributed by atoms with Crippen LogP contribution in [0.3, 0.4) is 0 Å². The number of aromatic nitrogens is 2. The molecule has 1 atom stereocenters. The lowest BCUT2D eigenvalue weighted by atomic mass is 10.0. The lowest BCUT2D eigenvalue weighted by Gasteiger charge is -2.14. The van der Waals surface area contributed by atoms with E-state index in [0.29, 0.717) is 18.4 Å². The molecule has 0 spiro atoms. The Balaban J connectivity index is 2.01. The van der Waals surface area contributed by atoms with Gasteiger partial charge in [0.05, 0.1) is 18.4 Å². The molecular weight excluding hydrogens is 377 g/mol. The summed E-state index contributed by atoms with van der Waals surface area (Å²) < 4.78 is 18.0. The SMILES string of the molecule is COCCNC(=O)c1nc(C(C)O)c2cc(Cc3ccc(F)cc3)cnc2c1O. The van der Waals surface area contributed by atoms with Crippen LogP contribution >= 0.6 is 0 Å². The highest BCUT2D eigenvalue weighted by atomic mass is 19.1. The zero-order chi connectivity index (χ0) is 21.0. The van der Waals surface area contributed by atoms with E-state index in [-0.39, 0.29) is 35.0 Å². The summed E-state index contributed by atoms with van der Waals surface area (Å²) >= 11 is 0. The first-order valence-corrected chi connectivity index (χ1v) is 9.11. The van der Waals surface area contributed by atoms with Crippen molar-refractivity contribution in [3.63, 3.8) is 0 Å². The molecule has 0 fully saturated rings. The van der Waals surface area contributed by atoms with E-state index >= 15 is 0 Å². The number of rotatable bonds is 7. The zero-order valence-corrected chi connectivity index (χ0v) is 16.1. The number of aliphatic hydroxyl groups excluding tert-OH is 1. The largest absolute Gasteiger partial charge is 0.504 e. The average Bonchev–Trinajstić information content (AvgIpc) is 2.70. The number of aromatic hydroxyl groups is 1. The summed E-state index contributed by atoms with van der Waals surface area (Å²) in [6, 6.07) is 7.88. The van der Waals surface area contributed by atoms with Gasteiger partial charge in [0.2, 0.25) is 0 Å². The van der Waals surface area contributed by atoms with Crippen LogP contribution in [0.2, 0.25) is 0 Å². The Hall–Kier alpha value is -3.10. The maximum atomic E-state index is 13.1. The van der Waals surface area contributed by atoms with Gasteiger partial charge < -0.3 is 20.3 Å². The molecule has 0 saturated carbocycles. The molecular formula is C21H22FN3O4. The van der Waals surface area contributed by atoms with Gasteiger partial charge in [0.1, 0.15) is 11.3 Å². The molecule has 7 nitrogen and oxygen atoms in total. The summed E-state index contributed by atoms with van der Waals surface area (Å²) in [6.45, 7) is 2.09. The second kappa shape index (κ2) is 8.93. The Labute approximate surface area is 167 Å². The van der Waals surface area contributed by atoms with Crippen molar-refractivity contribution in [2.24, 2.45) is 0 Å². The first-order valence-electron chi connectivity index (χ1n) is 9.11. The Kier molecular flexibility index (Phi) is 6.36. The molecule has 2 heterocycles. The number of fused-ring (bicyclic) bond motifs is 1. The minimum atomic E-state index is -0.980. The highest BCUT2D eigenvalue weighted by Crippen LogP contribution is 2.31. The van der Waals surface area contributed by atoms with Gasteiger partial charge in [-0.05, 0) is 42.7 Å². The summed E-state index contributed by atoms with van der Waals surface area (Å²) in [5, 5.41) is 23.8. The number of nitrogens with zero attached hydrogens (tertiary/aromatic N) is 2. The van der Waals surface area contributed by atoms with E-state index in [1.807, 2.05) is 0 Å². The highest BCUT2D eigenvalue weighted by Gasteiger charge is 2.22. The summed E-state index contributed by atoms with van der Waals surface area (Å²) in [4.78, 5) is 20.9. The second-order valence-electron chi connectivity index (χ2n) is 6.66. The third-order valence-corrected chi connectivity index (χ3v) is 4.43. The van der Waals surface area contributed by atoms with Gasteiger partial charge >= 0.3 is 0 Å². The van der Waals surface area contributed by atoms with E-state index in [9.17, 15) is 19.4 Å². The lowest BCUT2D eigenvalue weighted by molar-refractivity contribution is 0.0928. The van der Waals surface area contributed by atoms with Crippen LogP contribution in [0.5, 0.6) is 5.75 Å². The van der Waals surface area contributed by atoms with Crippen molar-refractivity contribution in [1.82, 2.24) is 15.3 Å². The Morgan fingerprint density at radius 1 is 1.28 bits per heavy atom. The predicted molar refractivity (Wildman–Crippen MR) is 105 cm³/mol. The number of hydrogen-bond acceptors (Lipinski definition) is 6. The van der Waals surface area contributed by atoms with Crippen LogP contribution < -0.4 is 5.32 Å². The van der Waals surface area contributed by atoms with E-state index in [0.717, 1.165) is 11.1 Å². The number of ether oxygens (including phenoxy) is 1. The number of carbonyl (C=O) groups excluding carboxylic acids is 1. The van der Waals surface area contributed by atoms with Crippen molar-refractivity contribution in [2.45, 2.75) is 19.4 Å². The molecule has 1 aromatic carbocycles. The fourth-order valence-electron chi connectivity index (χ4n) is 3.00. The second-order valence-corrected chi connectivity index (χ2v) is 6.66. The fourth-order valence-corrected chi connectivity index (χ4v) is 3.00. The summed E-state index contributed by atoms with van der Waals surface area (Å²) in [6.07, 6.45) is 1.08. The van der Waals surface area contributed by atoms with E-state index in [1.54, 1.807) is 24.4 Å². The minimum Gasteiger partial charge on any atom is -0.504 e. The Bertz CT molecular complexity index is 1020. The molecule has 0 aliphatic rings. The first-order chi connectivity index (χ1) is 13.9. The van der Waals surface area contributed by atoms with E-state index in [1.165, 1.54) is 26.2 Å². The fraction of sp³-hybridized carbons (Fsp3) is 0.286. The van der Waals surface area contributed by atoms with Crippen LogP contribution in [0.4, 0.5) is 4.39 Å². The molecule has 152 valence electrons. The van der Waals surface area contributed by atoms with Gasteiger partial charge in [0.25, 0.3) is 5.91 Å². The molecule has 3 N–H and O–H groups in total. The highest BCUT2D eigenvalue weighted by molar-refractivity contribution is 6.01. The third kappa shape index (κ3) is 4.67. The third-order valence-electron chi connectivity index (χ3n) is 4.43. The smallest absolute Gasteiger partial charge is 0.273 e. The summed E-state index contributed by atoms with van der Waals surface area (Å²) in [5.41, 5.74) is 1.89. The molecule has 0 bridgehead atoms. The van der Waals surface area contributed by atoms with Crippen LogP contribution in [-0.2, 0) is 11.2 Å². The maximum absolute atomic E-state index is 13.1. The van der Waals surface area contributed by atoms with Gasteiger partial charge in [0, 0.05) is 25.2 Å². The molecule has 0 radical (unpaired) electrons. The molecule has 0 aliphatic heterocycles. The normalized spacial score (nSPS) is 12.1. The van der Waals surface area contributed by atoms with Gasteiger partial charge in [-0.3, -0.25) is 9.78 Å². The number of hydrogen-bond donors (Lipinski definition) is 3. The standard InChI is InChI=1S/C21H22FN3O4/c1-12(26)17-16-10-14(9-13-3-5-15(22)6-4-13)11-24-18(16)20(27)19(25-17)21(28)23-7-8-29-2/h3-6,10-12,26-27H,7-9H2,1-2H3,(H,23,28). The quantitative estimate of drug-likeness (QED) is 0.528. The van der Waals surface area contributed by atoms with Crippen LogP contribution in [0.1, 0.15) is 40.3 Å². The molecule has 1 unspecified atom stereocenters. The number of methoxy groups -OCH3 is 1. The number of carbonyl (C=O) groups is 1. The topological polar surface area (TPSA) is 105 Å². The minimum absolute atomic E-state index is 0.177. The van der Waals surface area contributed by atoms with Gasteiger partial charge in [-0.25, -0.2) is 9.37 Å². The van der Waals surface area contributed by atoms with Gasteiger partial charge in [0.15, 0.2) is 11.4 Å². The molecule has 0 saturated heterocycles. The van der Waals surface area contributed by atoms with Crippen molar-refractivity contribution >= 4 is 16.8 Å². The van der Waals surface area contributed by atoms with Crippen LogP contribution in [0.25, 0.3) is 10.9 Å². The molecule has 0 aliphatic carbocycles. The monoisotopic (exact) mass is 399 g/mol. The average molecular weight is 399 g/mol. The van der Waals surface area contributed by atoms with Crippen molar-refractivity contribution in [3.05, 3.63) is 64.9 Å². The summed E-state index contributed by atoms with van der Waals surface area (Å²) in [5.74, 6) is -1.25. The molecule has 29 heavy (non-hydrogen) atoms. The molecule has 2 aromatic heterocycles. The molecule has 8 heteroatoms. The van der Waals surface area contributed by atoms with Crippen LogP contribution in [0.15, 0.2) is 36.5 Å². The molecule has 3 aromatic rings. The van der Waals surface area contributed by atoms with E-state index in [4.69, 9.17) is 4.74 Å². The van der Waals surface area contributed by atoms with Crippen molar-refractivity contribution in [2.75, 3.05) is 20.3 Å². The van der Waals surface area contributed by atoms with Gasteiger partial charge in [-0.1, -0.05) is 12.1 Å². The van der Waals surface area contributed by atoms with Gasteiger partial charge in [-0.2, -0.15) is 0 Å². The number of nitrogens with one attached hydrogen (secondary N) is 1. The number of amides is 1. The van der Waals surface area contributed by atoms with Crippen molar-refractivity contribution < 1.29 is 24.1 Å². The number of pyridine rings is 2. The predicted octanol–water partition coefficient (Wildman–Crippen LogP) is 2.49. The number of aliphatic hydroxyl groups is 1. The Morgan fingerprint density at radius 3 is 2.66 bits per heavy atom. The van der Waals surface area contributed by atoms with E-state index < -0.39 is 12.0 Å². The maximum Gasteiger partial charge on any atom is 0.273 e. The molecule has 3 rings (SSSR count). The first kappa shape index (κ1) is 20.6. The summed E-state index contributed by atoms with van der Waals surface area (Å²) in [7, 11) is 1.51. The van der Waals surface area contributed by atoms with Crippen LogP contribution in [0, 0.1) is 5.82 Å². The number of benzene rings is 1. The van der Waals surface area contributed by atoms with Gasteiger partial charge in [-0.15, -0.1) is 0 Å². The molecule has 1 amide bonds. The van der Waals surface area contributed by atoms with Crippen molar-refractivity contribution in [3.8, 4) is 5.75 Å². The van der Waals surface area contributed by atoms with Crippen molar-refractivity contribution in [1.29, 1.82) is 0 Å². The zero-order valence-electron chi connectivity index (χ0n) is 16.1. The lowest BCUT2D eigenvalue weighted by Crippen LogP contribution is -2.28.